The molecule has 4 nitrogen and oxygen atoms in total. The van der Waals surface area contributed by atoms with E-state index in [2.05, 4.69) is 69.8 Å². The highest BCUT2D eigenvalue weighted by molar-refractivity contribution is 5.91. The zero-order valence-electron chi connectivity index (χ0n) is 19.9. The molecule has 1 aliphatic heterocycles. The standard InChI is InChI=1S/C30H35N3O/c34-30(16-13-26-8-6-19-31-23-26)32-20-5-4-7-25-17-21-33(22-18-25)24-27-11-14-29(15-12-27)28-9-2-1-3-10-28/h1-3,6,8-16,19,23,25H,4-5,7,17-18,20-22,24H2,(H,32,34). The molecule has 4 heteroatoms. The first-order chi connectivity index (χ1) is 16.8. The van der Waals surface area contributed by atoms with Crippen LogP contribution < -0.4 is 5.32 Å². The number of rotatable bonds is 10. The molecule has 0 spiro atoms. The second-order valence-electron chi connectivity index (χ2n) is 9.19. The number of benzene rings is 2. The average molecular weight is 454 g/mol. The number of nitrogens with one attached hydrogen (secondary N) is 1. The summed E-state index contributed by atoms with van der Waals surface area (Å²) in [5.74, 6) is 0.784. The Bertz CT molecular complexity index is 1020. The van der Waals surface area contributed by atoms with Crippen LogP contribution in [-0.2, 0) is 11.3 Å². The highest BCUT2D eigenvalue weighted by atomic mass is 16.1. The number of likely N-dealkylation sites (tertiary alicyclic amines) is 1. The molecule has 1 fully saturated rings. The van der Waals surface area contributed by atoms with Crippen LogP contribution in [-0.4, -0.2) is 35.4 Å². The molecule has 0 aliphatic carbocycles. The largest absolute Gasteiger partial charge is 0.353 e. The van der Waals surface area contributed by atoms with Crippen LogP contribution in [0.15, 0.2) is 85.2 Å². The number of amides is 1. The molecule has 0 saturated carbocycles. The van der Waals surface area contributed by atoms with Gasteiger partial charge in [0.25, 0.3) is 0 Å². The molecule has 1 aliphatic rings. The van der Waals surface area contributed by atoms with Crippen LogP contribution in [0.3, 0.4) is 0 Å². The summed E-state index contributed by atoms with van der Waals surface area (Å²) in [5.41, 5.74) is 4.89. The van der Waals surface area contributed by atoms with Crippen LogP contribution in [0.5, 0.6) is 0 Å². The van der Waals surface area contributed by atoms with Crippen molar-refractivity contribution in [3.05, 3.63) is 96.3 Å². The summed E-state index contributed by atoms with van der Waals surface area (Å²) in [7, 11) is 0. The van der Waals surface area contributed by atoms with Gasteiger partial charge in [0.2, 0.25) is 5.91 Å². The van der Waals surface area contributed by atoms with Crippen molar-refractivity contribution in [2.75, 3.05) is 19.6 Å². The third-order valence-corrected chi connectivity index (χ3v) is 6.62. The lowest BCUT2D eigenvalue weighted by molar-refractivity contribution is -0.116. The molecule has 1 saturated heterocycles. The summed E-state index contributed by atoms with van der Waals surface area (Å²) in [4.78, 5) is 18.6. The first kappa shape index (κ1) is 23.9. The van der Waals surface area contributed by atoms with Gasteiger partial charge in [-0.1, -0.05) is 73.5 Å². The van der Waals surface area contributed by atoms with Gasteiger partial charge in [0.1, 0.15) is 0 Å². The van der Waals surface area contributed by atoms with Crippen molar-refractivity contribution < 1.29 is 4.79 Å². The smallest absolute Gasteiger partial charge is 0.243 e. The number of pyridine rings is 1. The topological polar surface area (TPSA) is 45.2 Å². The van der Waals surface area contributed by atoms with Gasteiger partial charge in [-0.15, -0.1) is 0 Å². The Balaban J connectivity index is 1.08. The Kier molecular flexibility index (Phi) is 9.04. The zero-order valence-corrected chi connectivity index (χ0v) is 19.9. The van der Waals surface area contributed by atoms with Crippen LogP contribution in [0.4, 0.5) is 0 Å². The van der Waals surface area contributed by atoms with E-state index in [1.807, 2.05) is 12.1 Å². The van der Waals surface area contributed by atoms with E-state index in [9.17, 15) is 4.79 Å². The molecular formula is C30H35N3O. The molecule has 0 bridgehead atoms. The second-order valence-corrected chi connectivity index (χ2v) is 9.19. The van der Waals surface area contributed by atoms with Gasteiger partial charge in [0.15, 0.2) is 0 Å². The third-order valence-electron chi connectivity index (χ3n) is 6.62. The molecule has 3 aromatic rings. The zero-order chi connectivity index (χ0) is 23.4. The fraction of sp³-hybridized carbons (Fsp3) is 0.333. The number of carbonyl (C=O) groups excluding carboxylic acids is 1. The van der Waals surface area contributed by atoms with Crippen molar-refractivity contribution in [3.63, 3.8) is 0 Å². The Morgan fingerprint density at radius 1 is 0.941 bits per heavy atom. The lowest BCUT2D eigenvalue weighted by atomic mass is 9.91. The Morgan fingerprint density at radius 3 is 2.44 bits per heavy atom. The molecule has 1 aromatic heterocycles. The van der Waals surface area contributed by atoms with Gasteiger partial charge in [0.05, 0.1) is 0 Å². The van der Waals surface area contributed by atoms with Gasteiger partial charge < -0.3 is 5.32 Å². The van der Waals surface area contributed by atoms with Gasteiger partial charge >= 0.3 is 0 Å². The summed E-state index contributed by atoms with van der Waals surface area (Å²) < 4.78 is 0. The predicted octanol–water partition coefficient (Wildman–Crippen LogP) is 5.96. The molecule has 1 N–H and O–H groups in total. The molecule has 176 valence electrons. The summed E-state index contributed by atoms with van der Waals surface area (Å²) in [6, 6.07) is 23.4. The Hall–Kier alpha value is -3.24. The number of hydrogen-bond acceptors (Lipinski definition) is 3. The van der Waals surface area contributed by atoms with Crippen molar-refractivity contribution >= 4 is 12.0 Å². The summed E-state index contributed by atoms with van der Waals surface area (Å²) in [5, 5.41) is 2.98. The van der Waals surface area contributed by atoms with Crippen molar-refractivity contribution in [1.82, 2.24) is 15.2 Å². The van der Waals surface area contributed by atoms with E-state index in [-0.39, 0.29) is 5.91 Å². The minimum Gasteiger partial charge on any atom is -0.353 e. The summed E-state index contributed by atoms with van der Waals surface area (Å²) in [6.07, 6.45) is 12.9. The highest BCUT2D eigenvalue weighted by Crippen LogP contribution is 2.24. The second kappa shape index (κ2) is 12.9. The van der Waals surface area contributed by atoms with E-state index in [1.165, 1.54) is 55.5 Å². The maximum atomic E-state index is 11.9. The van der Waals surface area contributed by atoms with E-state index in [1.54, 1.807) is 24.5 Å². The summed E-state index contributed by atoms with van der Waals surface area (Å²) >= 11 is 0. The molecule has 4 rings (SSSR count). The highest BCUT2D eigenvalue weighted by Gasteiger charge is 2.18. The van der Waals surface area contributed by atoms with E-state index >= 15 is 0 Å². The van der Waals surface area contributed by atoms with E-state index < -0.39 is 0 Å². The number of nitrogens with zero attached hydrogens (tertiary/aromatic N) is 2. The van der Waals surface area contributed by atoms with E-state index in [0.29, 0.717) is 0 Å². The monoisotopic (exact) mass is 453 g/mol. The molecule has 0 atom stereocenters. The molecule has 0 radical (unpaired) electrons. The number of carbonyl (C=O) groups is 1. The van der Waals surface area contributed by atoms with Crippen LogP contribution in [0.2, 0.25) is 0 Å². The molecule has 1 amide bonds. The molecule has 0 unspecified atom stereocenters. The minimum atomic E-state index is -0.0334. The fourth-order valence-electron chi connectivity index (χ4n) is 4.60. The Morgan fingerprint density at radius 2 is 1.71 bits per heavy atom. The van der Waals surface area contributed by atoms with Gasteiger partial charge in [-0.2, -0.15) is 0 Å². The number of hydrogen-bond donors (Lipinski definition) is 1. The van der Waals surface area contributed by atoms with Gasteiger partial charge in [0, 0.05) is 31.6 Å². The van der Waals surface area contributed by atoms with Gasteiger partial charge in [-0.25, -0.2) is 0 Å². The lowest BCUT2D eigenvalue weighted by Crippen LogP contribution is -2.33. The van der Waals surface area contributed by atoms with Crippen molar-refractivity contribution in [2.24, 2.45) is 5.92 Å². The molecule has 2 aromatic carbocycles. The first-order valence-corrected chi connectivity index (χ1v) is 12.5. The maximum Gasteiger partial charge on any atom is 0.243 e. The van der Waals surface area contributed by atoms with Crippen LogP contribution in [0.25, 0.3) is 17.2 Å². The molecule has 2 heterocycles. The number of piperidine rings is 1. The third kappa shape index (κ3) is 7.67. The lowest BCUT2D eigenvalue weighted by Gasteiger charge is -2.32. The van der Waals surface area contributed by atoms with Crippen LogP contribution in [0.1, 0.15) is 43.2 Å². The molecular weight excluding hydrogens is 418 g/mol. The van der Waals surface area contributed by atoms with E-state index in [4.69, 9.17) is 0 Å². The Labute approximate surface area is 203 Å². The predicted molar refractivity (Wildman–Crippen MR) is 140 cm³/mol. The average Bonchev–Trinajstić information content (AvgIpc) is 2.90. The summed E-state index contributed by atoms with van der Waals surface area (Å²) in [6.45, 7) is 4.15. The van der Waals surface area contributed by atoms with Crippen LogP contribution >= 0.6 is 0 Å². The minimum absolute atomic E-state index is 0.0334. The normalized spacial score (nSPS) is 14.9. The van der Waals surface area contributed by atoms with Gasteiger partial charge in [-0.3, -0.25) is 14.7 Å². The maximum absolute atomic E-state index is 11.9. The first-order valence-electron chi connectivity index (χ1n) is 12.5. The van der Waals surface area contributed by atoms with Crippen LogP contribution in [0, 0.1) is 5.92 Å². The number of aromatic nitrogens is 1. The number of unbranched alkanes of at least 4 members (excludes halogenated alkanes) is 1. The molecule has 34 heavy (non-hydrogen) atoms. The van der Waals surface area contributed by atoms with Crippen molar-refractivity contribution in [3.8, 4) is 11.1 Å². The van der Waals surface area contributed by atoms with E-state index in [0.717, 1.165) is 31.0 Å². The van der Waals surface area contributed by atoms with Crippen molar-refractivity contribution in [2.45, 2.75) is 38.6 Å². The quantitative estimate of drug-likeness (QED) is 0.304. The van der Waals surface area contributed by atoms with Crippen molar-refractivity contribution in [1.29, 1.82) is 0 Å². The SMILES string of the molecule is O=C(C=Cc1cccnc1)NCCCCC1CCN(Cc2ccc(-c3ccccc3)cc2)CC1. The fourth-order valence-corrected chi connectivity index (χ4v) is 4.60. The van der Waals surface area contributed by atoms with Gasteiger partial charge in [-0.05, 0) is 72.7 Å².